The Hall–Kier alpha value is -7.10. The van der Waals surface area contributed by atoms with Crippen LogP contribution in [0, 0.1) is 62.8 Å². The Bertz CT molecular complexity index is 3590. The van der Waals surface area contributed by atoms with E-state index in [1.165, 1.54) is 12.1 Å². The van der Waals surface area contributed by atoms with Crippen LogP contribution in [0.5, 0.6) is 0 Å². The van der Waals surface area contributed by atoms with E-state index in [1.54, 1.807) is 52.4 Å². The molecular formula is C64H64F4N4O6. The zero-order valence-corrected chi connectivity index (χ0v) is 45.2. The molecule has 2 aliphatic heterocycles. The van der Waals surface area contributed by atoms with Crippen LogP contribution in [0.4, 0.5) is 17.6 Å². The third-order valence-electron chi connectivity index (χ3n) is 16.1. The maximum atomic E-state index is 15.6. The lowest BCUT2D eigenvalue weighted by atomic mass is 9.86. The van der Waals surface area contributed by atoms with Gasteiger partial charge >= 0.3 is 0 Å². The van der Waals surface area contributed by atoms with Crippen LogP contribution in [0.15, 0.2) is 119 Å². The van der Waals surface area contributed by atoms with E-state index >= 15 is 8.78 Å². The van der Waals surface area contributed by atoms with Crippen molar-refractivity contribution in [3.05, 3.63) is 178 Å². The average Bonchev–Trinajstić information content (AvgIpc) is 4.30. The summed E-state index contributed by atoms with van der Waals surface area (Å²) in [4.78, 5) is 9.83. The predicted octanol–water partition coefficient (Wildman–Crippen LogP) is 15.2. The van der Waals surface area contributed by atoms with E-state index in [9.17, 15) is 19.0 Å². The number of benzene rings is 4. The number of nitrogens with zero attached hydrogens (tertiary/aromatic N) is 4. The molecule has 10 aromatic rings. The molecule has 404 valence electrons. The standard InChI is InChI=1S/2C32H32F2N2O3/c2*1-18-17-39-19(2)29(18)21-13-28-30(35-16-21)25-7-5-22(32(3,4)37)14-27(25)36(28)31(20-9-11-38-12-10-20)24-8-6-23(33)15-26(24)34/h2*5-8,13-17,20,31,37H,9-12H2,1-4H3. The molecule has 0 bridgehead atoms. The molecule has 2 N–H and O–H groups in total. The molecule has 10 nitrogen and oxygen atoms in total. The van der Waals surface area contributed by atoms with Crippen LogP contribution in [0.1, 0.15) is 110 Å². The van der Waals surface area contributed by atoms with Crippen molar-refractivity contribution in [2.75, 3.05) is 26.4 Å². The maximum Gasteiger partial charge on any atom is 0.131 e. The van der Waals surface area contributed by atoms with E-state index in [-0.39, 0.29) is 11.8 Å². The van der Waals surface area contributed by atoms with E-state index in [0.29, 0.717) is 37.6 Å². The van der Waals surface area contributed by atoms with Gasteiger partial charge in [-0.15, -0.1) is 0 Å². The largest absolute Gasteiger partial charge is 0.469 e. The summed E-state index contributed by atoms with van der Waals surface area (Å²) in [5.41, 5.74) is 10.9. The Labute approximate surface area is 450 Å². The zero-order chi connectivity index (χ0) is 54.9. The molecule has 0 spiro atoms. The number of halogens is 4. The Morgan fingerprint density at radius 1 is 0.513 bits per heavy atom. The Morgan fingerprint density at radius 3 is 1.23 bits per heavy atom. The lowest BCUT2D eigenvalue weighted by Crippen LogP contribution is -2.27. The predicted molar refractivity (Wildman–Crippen MR) is 295 cm³/mol. The second-order valence-electron chi connectivity index (χ2n) is 22.3. The van der Waals surface area contributed by atoms with Crippen LogP contribution >= 0.6 is 0 Å². The fraction of sp³-hybridized carbons (Fsp3) is 0.344. The molecule has 0 radical (unpaired) electrons. The SMILES string of the molecule is Cc1coc(C)c1-c1cnc2c3ccc(C(C)(C)O)cc3n(C(c3ccc(F)cc3F)C3CCOCC3)c2c1.Cc1coc(C)c1-c1cnc2c3ccc(C(C)(C)O)cc3n(C(c3ccc(F)cc3F)C3CCOCC3)c2c1. The first-order chi connectivity index (χ1) is 37.3. The number of pyridine rings is 2. The van der Waals surface area contributed by atoms with E-state index in [1.807, 2.05) is 76.5 Å². The summed E-state index contributed by atoms with van der Waals surface area (Å²) < 4.78 is 86.2. The van der Waals surface area contributed by atoms with Crippen LogP contribution in [0.25, 0.3) is 66.1 Å². The topological polar surface area (TPSA) is 121 Å². The van der Waals surface area contributed by atoms with Gasteiger partial charge in [0.25, 0.3) is 0 Å². The summed E-state index contributed by atoms with van der Waals surface area (Å²) in [5, 5.41) is 23.6. The van der Waals surface area contributed by atoms with Gasteiger partial charge in [-0.1, -0.05) is 36.4 Å². The van der Waals surface area contributed by atoms with Crippen LogP contribution in [-0.4, -0.2) is 55.7 Å². The molecule has 2 atom stereocenters. The normalized spacial score (nSPS) is 15.9. The Morgan fingerprint density at radius 2 is 0.897 bits per heavy atom. The number of aromatic nitrogens is 4. The molecular weight excluding hydrogens is 997 g/mol. The highest BCUT2D eigenvalue weighted by Crippen LogP contribution is 2.46. The van der Waals surface area contributed by atoms with Gasteiger partial charge in [-0.2, -0.15) is 0 Å². The smallest absolute Gasteiger partial charge is 0.131 e. The summed E-state index contributed by atoms with van der Waals surface area (Å²) in [6, 6.07) is 22.7. The van der Waals surface area contributed by atoms with Crippen molar-refractivity contribution in [3.8, 4) is 22.3 Å². The minimum absolute atomic E-state index is 0.0457. The first-order valence-electron chi connectivity index (χ1n) is 26.8. The molecule has 78 heavy (non-hydrogen) atoms. The van der Waals surface area contributed by atoms with Crippen molar-refractivity contribution in [1.29, 1.82) is 0 Å². The molecule has 6 aromatic heterocycles. The third-order valence-corrected chi connectivity index (χ3v) is 16.1. The molecule has 4 aromatic carbocycles. The molecule has 12 rings (SSSR count). The van der Waals surface area contributed by atoms with Crippen molar-refractivity contribution < 1.29 is 46.1 Å². The monoisotopic (exact) mass is 1060 g/mol. The van der Waals surface area contributed by atoms with Crippen molar-refractivity contribution in [3.63, 3.8) is 0 Å². The van der Waals surface area contributed by atoms with E-state index in [0.717, 1.165) is 138 Å². The second-order valence-corrected chi connectivity index (χ2v) is 22.3. The second kappa shape index (κ2) is 20.6. The summed E-state index contributed by atoms with van der Waals surface area (Å²) in [5.74, 6) is -0.686. The molecule has 2 unspecified atom stereocenters. The maximum absolute atomic E-state index is 15.6. The zero-order valence-electron chi connectivity index (χ0n) is 45.2. The van der Waals surface area contributed by atoms with Crippen LogP contribution < -0.4 is 0 Å². The number of ether oxygens (including phenoxy) is 2. The van der Waals surface area contributed by atoms with Gasteiger partial charge in [0.1, 0.15) is 34.8 Å². The highest BCUT2D eigenvalue weighted by atomic mass is 19.1. The average molecular weight is 1060 g/mol. The van der Waals surface area contributed by atoms with Gasteiger partial charge in [-0.3, -0.25) is 9.97 Å². The number of hydrogen-bond donors (Lipinski definition) is 2. The number of aryl methyl sites for hydroxylation is 4. The highest BCUT2D eigenvalue weighted by Gasteiger charge is 2.35. The van der Waals surface area contributed by atoms with Crippen LogP contribution in [-0.2, 0) is 20.7 Å². The third kappa shape index (κ3) is 9.71. The molecule has 2 fully saturated rings. The summed E-state index contributed by atoms with van der Waals surface area (Å²) in [7, 11) is 0. The van der Waals surface area contributed by atoms with Gasteiger partial charge in [0, 0.05) is 95.1 Å². The molecule has 0 amide bonds. The van der Waals surface area contributed by atoms with Crippen molar-refractivity contribution >= 4 is 43.9 Å². The van der Waals surface area contributed by atoms with Crippen molar-refractivity contribution in [2.24, 2.45) is 11.8 Å². The first-order valence-corrected chi connectivity index (χ1v) is 26.8. The molecule has 0 aliphatic carbocycles. The lowest BCUT2D eigenvalue weighted by molar-refractivity contribution is 0.0547. The fourth-order valence-electron chi connectivity index (χ4n) is 12.2. The van der Waals surface area contributed by atoms with E-state index < -0.39 is 46.6 Å². The van der Waals surface area contributed by atoms with Gasteiger partial charge in [-0.25, -0.2) is 17.6 Å². The number of aliphatic hydroxyl groups is 2. The number of furan rings is 2. The van der Waals surface area contributed by atoms with E-state index in [2.05, 4.69) is 21.3 Å². The molecule has 2 saturated heterocycles. The summed E-state index contributed by atoms with van der Waals surface area (Å²) in [6.07, 6.45) is 10.1. The van der Waals surface area contributed by atoms with Gasteiger partial charge in [0.2, 0.25) is 0 Å². The van der Waals surface area contributed by atoms with Gasteiger partial charge < -0.3 is 37.7 Å². The minimum Gasteiger partial charge on any atom is -0.469 e. The quantitative estimate of drug-likeness (QED) is 0.130. The summed E-state index contributed by atoms with van der Waals surface area (Å²) >= 11 is 0. The van der Waals surface area contributed by atoms with Crippen molar-refractivity contribution in [2.45, 2.75) is 104 Å². The lowest BCUT2D eigenvalue weighted by Gasteiger charge is -2.33. The van der Waals surface area contributed by atoms with Crippen LogP contribution in [0.2, 0.25) is 0 Å². The van der Waals surface area contributed by atoms with Gasteiger partial charge in [0.15, 0.2) is 0 Å². The molecule has 8 heterocycles. The van der Waals surface area contributed by atoms with Crippen molar-refractivity contribution in [1.82, 2.24) is 19.1 Å². The minimum atomic E-state index is -1.08. The first kappa shape index (κ1) is 52.9. The number of rotatable bonds is 10. The highest BCUT2D eigenvalue weighted by molar-refractivity contribution is 6.08. The Balaban J connectivity index is 0.000000165. The fourth-order valence-corrected chi connectivity index (χ4v) is 12.2. The van der Waals surface area contributed by atoms with Gasteiger partial charge in [0.05, 0.1) is 68.9 Å². The van der Waals surface area contributed by atoms with Gasteiger partial charge in [-0.05, 0) is 152 Å². The Kier molecular flexibility index (Phi) is 14.0. The molecule has 14 heteroatoms. The molecule has 2 aliphatic rings. The number of hydrogen-bond acceptors (Lipinski definition) is 8. The summed E-state index contributed by atoms with van der Waals surface area (Å²) in [6.45, 7) is 17.1. The molecule has 0 saturated carbocycles. The number of fused-ring (bicyclic) bond motifs is 6. The van der Waals surface area contributed by atoms with Crippen LogP contribution in [0.3, 0.4) is 0 Å². The van der Waals surface area contributed by atoms with E-state index in [4.69, 9.17) is 28.3 Å².